The van der Waals surface area contributed by atoms with Gasteiger partial charge < -0.3 is 15.0 Å². The van der Waals surface area contributed by atoms with E-state index < -0.39 is 0 Å². The molecule has 4 heteroatoms. The molecule has 144 valence electrons. The van der Waals surface area contributed by atoms with E-state index >= 15 is 0 Å². The van der Waals surface area contributed by atoms with E-state index in [9.17, 15) is 4.79 Å². The maximum atomic E-state index is 13.0. The molecule has 2 aliphatic rings. The van der Waals surface area contributed by atoms with E-state index in [0.717, 1.165) is 30.5 Å². The summed E-state index contributed by atoms with van der Waals surface area (Å²) < 4.78 is 5.55. The van der Waals surface area contributed by atoms with Crippen molar-refractivity contribution in [2.24, 2.45) is 5.92 Å². The molecular formula is C24H26N2O2. The lowest BCUT2D eigenvalue weighted by Crippen LogP contribution is -2.44. The highest BCUT2D eigenvalue weighted by Crippen LogP contribution is 2.32. The van der Waals surface area contributed by atoms with Gasteiger partial charge in [-0.3, -0.25) is 4.79 Å². The lowest BCUT2D eigenvalue weighted by molar-refractivity contribution is 0.0919. The fraction of sp³-hybridized carbons (Fsp3) is 0.292. The van der Waals surface area contributed by atoms with Crippen molar-refractivity contribution in [2.45, 2.75) is 18.9 Å². The molecule has 1 aliphatic carbocycles. The third kappa shape index (κ3) is 3.68. The molecule has 1 aliphatic heterocycles. The van der Waals surface area contributed by atoms with E-state index in [0.29, 0.717) is 17.2 Å². The largest absolute Gasteiger partial charge is 0.496 e. The zero-order chi connectivity index (χ0) is 19.5. The average molecular weight is 374 g/mol. The third-order valence-electron chi connectivity index (χ3n) is 5.65. The van der Waals surface area contributed by atoms with Gasteiger partial charge in [0.25, 0.3) is 5.91 Å². The number of nitrogens with zero attached hydrogens (tertiary/aromatic N) is 1. The number of carbonyl (C=O) groups excluding carboxylic acids is 1. The van der Waals surface area contributed by atoms with Crippen LogP contribution in [0.5, 0.6) is 5.75 Å². The molecule has 28 heavy (non-hydrogen) atoms. The van der Waals surface area contributed by atoms with Crippen molar-refractivity contribution in [1.29, 1.82) is 0 Å². The summed E-state index contributed by atoms with van der Waals surface area (Å²) in [6, 6.07) is 16.0. The van der Waals surface area contributed by atoms with Gasteiger partial charge >= 0.3 is 0 Å². The van der Waals surface area contributed by atoms with Crippen LogP contribution in [0, 0.1) is 5.92 Å². The topological polar surface area (TPSA) is 41.6 Å². The highest BCUT2D eigenvalue weighted by atomic mass is 16.5. The zero-order valence-electron chi connectivity index (χ0n) is 16.4. The fourth-order valence-electron chi connectivity index (χ4n) is 4.13. The van der Waals surface area contributed by atoms with Crippen molar-refractivity contribution in [1.82, 2.24) is 10.2 Å². The van der Waals surface area contributed by atoms with Crippen LogP contribution in [-0.2, 0) is 0 Å². The Morgan fingerprint density at radius 2 is 1.96 bits per heavy atom. The van der Waals surface area contributed by atoms with Gasteiger partial charge in [-0.05, 0) is 41.7 Å². The smallest absolute Gasteiger partial charge is 0.255 e. The van der Waals surface area contributed by atoms with Gasteiger partial charge in [0, 0.05) is 31.8 Å². The number of carbonyl (C=O) groups is 1. The van der Waals surface area contributed by atoms with Crippen LogP contribution in [0.1, 0.15) is 23.2 Å². The summed E-state index contributed by atoms with van der Waals surface area (Å²) in [6.07, 6.45) is 8.46. The lowest BCUT2D eigenvalue weighted by atomic mass is 9.81. The van der Waals surface area contributed by atoms with E-state index in [1.54, 1.807) is 7.11 Å². The monoisotopic (exact) mass is 374 g/mol. The standard InChI is InChI=1S/C24H26N2O2/c1-26-14-13-20-19(16-26)9-6-10-22(20)25-24(27)21-12-11-18(15-23(21)28-2)17-7-4-3-5-8-17/h3-9,11-12,15-16,20,22H,10,13-14H2,1-2H3,(H,25,27). The summed E-state index contributed by atoms with van der Waals surface area (Å²) in [6.45, 7) is 1.02. The first-order chi connectivity index (χ1) is 13.7. The Morgan fingerprint density at radius 3 is 2.75 bits per heavy atom. The number of allylic oxidation sites excluding steroid dienone is 1. The Bertz CT molecular complexity index is 917. The molecule has 1 heterocycles. The van der Waals surface area contributed by atoms with Crippen molar-refractivity contribution < 1.29 is 9.53 Å². The SMILES string of the molecule is COc1cc(-c2ccccc2)ccc1C(=O)NC1CC=CC2=CN(C)CCC21. The van der Waals surface area contributed by atoms with Crippen molar-refractivity contribution in [3.8, 4) is 16.9 Å². The summed E-state index contributed by atoms with van der Waals surface area (Å²) in [5, 5.41) is 3.25. The molecule has 4 nitrogen and oxygen atoms in total. The van der Waals surface area contributed by atoms with Gasteiger partial charge in [-0.15, -0.1) is 0 Å². The van der Waals surface area contributed by atoms with Crippen molar-refractivity contribution in [2.75, 3.05) is 20.7 Å². The summed E-state index contributed by atoms with van der Waals surface area (Å²) in [4.78, 5) is 15.2. The quantitative estimate of drug-likeness (QED) is 0.870. The maximum Gasteiger partial charge on any atom is 0.255 e. The minimum Gasteiger partial charge on any atom is -0.496 e. The molecule has 0 saturated heterocycles. The minimum atomic E-state index is -0.0740. The first-order valence-electron chi connectivity index (χ1n) is 9.78. The predicted molar refractivity (Wildman–Crippen MR) is 112 cm³/mol. The summed E-state index contributed by atoms with van der Waals surface area (Å²) in [7, 11) is 3.71. The second kappa shape index (κ2) is 7.93. The highest BCUT2D eigenvalue weighted by molar-refractivity contribution is 5.98. The van der Waals surface area contributed by atoms with Crippen LogP contribution in [0.4, 0.5) is 0 Å². The molecule has 0 aromatic heterocycles. The number of nitrogens with one attached hydrogen (secondary N) is 1. The molecule has 0 fully saturated rings. The number of methoxy groups -OCH3 is 1. The molecule has 1 N–H and O–H groups in total. The Morgan fingerprint density at radius 1 is 1.14 bits per heavy atom. The van der Waals surface area contributed by atoms with Crippen molar-refractivity contribution in [3.63, 3.8) is 0 Å². The van der Waals surface area contributed by atoms with Gasteiger partial charge in [0.2, 0.25) is 0 Å². The van der Waals surface area contributed by atoms with Crippen LogP contribution < -0.4 is 10.1 Å². The molecular weight excluding hydrogens is 348 g/mol. The molecule has 2 aromatic rings. The number of rotatable bonds is 4. The number of hydrogen-bond acceptors (Lipinski definition) is 3. The van der Waals surface area contributed by atoms with Gasteiger partial charge in [0.05, 0.1) is 12.7 Å². The average Bonchev–Trinajstić information content (AvgIpc) is 2.73. The van der Waals surface area contributed by atoms with Gasteiger partial charge in [0.1, 0.15) is 5.75 Å². The third-order valence-corrected chi connectivity index (χ3v) is 5.65. The number of amides is 1. The Kier molecular flexibility index (Phi) is 5.20. The molecule has 0 bridgehead atoms. The highest BCUT2D eigenvalue weighted by Gasteiger charge is 2.30. The Balaban J connectivity index is 1.55. The Hall–Kier alpha value is -3.01. The van der Waals surface area contributed by atoms with Crippen LogP contribution >= 0.6 is 0 Å². The molecule has 2 aromatic carbocycles. The van der Waals surface area contributed by atoms with E-state index in [1.807, 2.05) is 36.4 Å². The summed E-state index contributed by atoms with van der Waals surface area (Å²) in [5.41, 5.74) is 4.02. The van der Waals surface area contributed by atoms with Crippen molar-refractivity contribution >= 4 is 5.91 Å². The molecule has 2 atom stereocenters. The first kappa shape index (κ1) is 18.4. The van der Waals surface area contributed by atoms with E-state index in [2.05, 4.69) is 47.7 Å². The van der Waals surface area contributed by atoms with Crippen molar-refractivity contribution in [3.05, 3.63) is 78.0 Å². The number of hydrogen-bond donors (Lipinski definition) is 1. The number of ether oxygens (including phenoxy) is 1. The molecule has 0 spiro atoms. The van der Waals surface area contributed by atoms with Crippen LogP contribution in [-0.4, -0.2) is 37.6 Å². The molecule has 1 amide bonds. The number of benzene rings is 2. The van der Waals surface area contributed by atoms with Crippen LogP contribution in [0.2, 0.25) is 0 Å². The summed E-state index contributed by atoms with van der Waals surface area (Å²) >= 11 is 0. The van der Waals surface area contributed by atoms with Gasteiger partial charge in [0.15, 0.2) is 0 Å². The second-order valence-electron chi connectivity index (χ2n) is 7.50. The zero-order valence-corrected chi connectivity index (χ0v) is 16.4. The molecule has 4 rings (SSSR count). The van der Waals surface area contributed by atoms with E-state index in [4.69, 9.17) is 4.74 Å². The van der Waals surface area contributed by atoms with Gasteiger partial charge in [-0.1, -0.05) is 48.6 Å². The fourth-order valence-corrected chi connectivity index (χ4v) is 4.13. The Labute approximate surface area is 166 Å². The second-order valence-corrected chi connectivity index (χ2v) is 7.50. The van der Waals surface area contributed by atoms with Gasteiger partial charge in [-0.25, -0.2) is 0 Å². The molecule has 2 unspecified atom stereocenters. The minimum absolute atomic E-state index is 0.0740. The summed E-state index contributed by atoms with van der Waals surface area (Å²) in [5.74, 6) is 0.902. The molecule has 0 radical (unpaired) electrons. The van der Waals surface area contributed by atoms with Gasteiger partial charge in [-0.2, -0.15) is 0 Å². The lowest BCUT2D eigenvalue weighted by Gasteiger charge is -2.36. The van der Waals surface area contributed by atoms with Crippen LogP contribution in [0.3, 0.4) is 0 Å². The van der Waals surface area contributed by atoms with E-state index in [1.165, 1.54) is 5.57 Å². The maximum absolute atomic E-state index is 13.0. The first-order valence-corrected chi connectivity index (χ1v) is 9.78. The van der Waals surface area contributed by atoms with E-state index in [-0.39, 0.29) is 11.9 Å². The number of fused-ring (bicyclic) bond motifs is 1. The predicted octanol–water partition coefficient (Wildman–Crippen LogP) is 4.26. The molecule has 0 saturated carbocycles. The van der Waals surface area contributed by atoms with Crippen LogP contribution in [0.15, 0.2) is 72.5 Å². The van der Waals surface area contributed by atoms with Crippen LogP contribution in [0.25, 0.3) is 11.1 Å². The normalized spacial score (nSPS) is 20.9.